The van der Waals surface area contributed by atoms with E-state index in [1.165, 1.54) is 16.0 Å². The van der Waals surface area contributed by atoms with Crippen molar-refractivity contribution in [2.45, 2.75) is 24.3 Å². The minimum atomic E-state index is 0.338. The van der Waals surface area contributed by atoms with Crippen LogP contribution >= 0.6 is 39.3 Å². The first-order chi connectivity index (χ1) is 9.63. The number of halogens is 2. The van der Waals surface area contributed by atoms with Gasteiger partial charge in [-0.15, -0.1) is 11.8 Å². The van der Waals surface area contributed by atoms with Gasteiger partial charge in [-0.2, -0.15) is 0 Å². The lowest BCUT2D eigenvalue weighted by Crippen LogP contribution is -2.16. The van der Waals surface area contributed by atoms with Gasteiger partial charge in [-0.25, -0.2) is 0 Å². The first-order valence-electron chi connectivity index (χ1n) is 6.58. The molecule has 1 nitrogen and oxygen atoms in total. The Hall–Kier alpha value is -0.640. The predicted molar refractivity (Wildman–Crippen MR) is 92.0 cm³/mol. The Morgan fingerprint density at radius 1 is 1.25 bits per heavy atom. The van der Waals surface area contributed by atoms with E-state index in [-0.39, 0.29) is 0 Å². The number of fused-ring (bicyclic) bond motifs is 1. The number of anilines is 1. The van der Waals surface area contributed by atoms with E-state index in [0.717, 1.165) is 27.4 Å². The largest absolute Gasteiger partial charge is 0.378 e. The van der Waals surface area contributed by atoms with Crippen LogP contribution in [0.4, 0.5) is 5.69 Å². The molecule has 2 aromatic carbocycles. The Labute approximate surface area is 137 Å². The fourth-order valence-electron chi connectivity index (χ4n) is 2.45. The highest BCUT2D eigenvalue weighted by atomic mass is 79.9. The maximum Gasteiger partial charge on any atom is 0.0533 e. The van der Waals surface area contributed by atoms with Crippen LogP contribution in [-0.4, -0.2) is 5.75 Å². The summed E-state index contributed by atoms with van der Waals surface area (Å²) < 4.78 is 1.14. The average molecular weight is 369 g/mol. The van der Waals surface area contributed by atoms with Gasteiger partial charge in [0, 0.05) is 25.8 Å². The van der Waals surface area contributed by atoms with Gasteiger partial charge in [0.2, 0.25) is 0 Å². The molecule has 1 aliphatic rings. The number of hydrogen-bond donors (Lipinski definition) is 1. The van der Waals surface area contributed by atoms with E-state index in [2.05, 4.69) is 58.5 Å². The van der Waals surface area contributed by atoms with Crippen molar-refractivity contribution in [1.82, 2.24) is 0 Å². The van der Waals surface area contributed by atoms with Crippen LogP contribution in [0.2, 0.25) is 5.02 Å². The molecule has 0 bridgehead atoms. The zero-order valence-electron chi connectivity index (χ0n) is 11.1. The molecular formula is C16H15BrClNS. The standard InChI is InChI=1S/C16H15BrClNS/c1-10-8-12(3-4-14(10)17)19-15-6-7-20-16-5-2-11(18)9-13(15)16/h2-5,8-9,15,19H,6-7H2,1H3. The van der Waals surface area contributed by atoms with Crippen molar-refractivity contribution in [3.8, 4) is 0 Å². The zero-order chi connectivity index (χ0) is 14.1. The van der Waals surface area contributed by atoms with Gasteiger partial charge in [-0.3, -0.25) is 0 Å². The monoisotopic (exact) mass is 367 g/mol. The third kappa shape index (κ3) is 3.00. The van der Waals surface area contributed by atoms with Crippen LogP contribution in [0.3, 0.4) is 0 Å². The zero-order valence-corrected chi connectivity index (χ0v) is 14.3. The maximum atomic E-state index is 6.15. The van der Waals surface area contributed by atoms with Crippen LogP contribution in [-0.2, 0) is 0 Å². The number of rotatable bonds is 2. The van der Waals surface area contributed by atoms with Crippen molar-refractivity contribution < 1.29 is 0 Å². The highest BCUT2D eigenvalue weighted by Gasteiger charge is 2.21. The summed E-state index contributed by atoms with van der Waals surface area (Å²) in [4.78, 5) is 1.34. The molecule has 2 aromatic rings. The van der Waals surface area contributed by atoms with E-state index in [1.807, 2.05) is 17.8 Å². The van der Waals surface area contributed by atoms with Gasteiger partial charge in [0.15, 0.2) is 0 Å². The molecule has 1 N–H and O–H groups in total. The summed E-state index contributed by atoms with van der Waals surface area (Å²) >= 11 is 11.6. The molecule has 0 radical (unpaired) electrons. The fraction of sp³-hybridized carbons (Fsp3) is 0.250. The number of benzene rings is 2. The summed E-state index contributed by atoms with van der Waals surface area (Å²) in [7, 11) is 0. The van der Waals surface area contributed by atoms with Crippen LogP contribution in [0.5, 0.6) is 0 Å². The summed E-state index contributed by atoms with van der Waals surface area (Å²) in [6.07, 6.45) is 1.12. The third-order valence-corrected chi connectivity index (χ3v) is 5.76. The third-order valence-electron chi connectivity index (χ3n) is 3.51. The summed E-state index contributed by atoms with van der Waals surface area (Å²) in [5.41, 5.74) is 3.72. The molecule has 0 spiro atoms. The second-order valence-electron chi connectivity index (χ2n) is 4.98. The second-order valence-corrected chi connectivity index (χ2v) is 7.41. The lowest BCUT2D eigenvalue weighted by molar-refractivity contribution is 0.728. The molecule has 0 aromatic heterocycles. The molecule has 1 unspecified atom stereocenters. The molecule has 0 fully saturated rings. The van der Waals surface area contributed by atoms with Crippen LogP contribution in [0.25, 0.3) is 0 Å². The average Bonchev–Trinajstić information content (AvgIpc) is 2.44. The van der Waals surface area contributed by atoms with Gasteiger partial charge < -0.3 is 5.32 Å². The summed E-state index contributed by atoms with van der Waals surface area (Å²) in [5.74, 6) is 1.14. The predicted octanol–water partition coefficient (Wildman–Crippen LogP) is 6.06. The van der Waals surface area contributed by atoms with Gasteiger partial charge in [0.25, 0.3) is 0 Å². The van der Waals surface area contributed by atoms with Crippen molar-refractivity contribution in [2.75, 3.05) is 11.1 Å². The molecule has 0 saturated heterocycles. The molecule has 0 amide bonds. The summed E-state index contributed by atoms with van der Waals surface area (Å²) in [5, 5.41) is 4.45. The highest BCUT2D eigenvalue weighted by Crippen LogP contribution is 2.39. The number of nitrogens with one attached hydrogen (secondary N) is 1. The van der Waals surface area contributed by atoms with Crippen LogP contribution < -0.4 is 5.32 Å². The van der Waals surface area contributed by atoms with Crippen molar-refractivity contribution in [3.05, 3.63) is 57.0 Å². The van der Waals surface area contributed by atoms with Crippen LogP contribution in [0.1, 0.15) is 23.6 Å². The van der Waals surface area contributed by atoms with E-state index in [9.17, 15) is 0 Å². The molecule has 20 heavy (non-hydrogen) atoms. The van der Waals surface area contributed by atoms with E-state index in [1.54, 1.807) is 0 Å². The topological polar surface area (TPSA) is 12.0 Å². The van der Waals surface area contributed by atoms with Crippen molar-refractivity contribution in [1.29, 1.82) is 0 Å². The Morgan fingerprint density at radius 2 is 2.10 bits per heavy atom. The van der Waals surface area contributed by atoms with Gasteiger partial charge in [0.1, 0.15) is 0 Å². The minimum Gasteiger partial charge on any atom is -0.378 e. The van der Waals surface area contributed by atoms with Gasteiger partial charge >= 0.3 is 0 Å². The van der Waals surface area contributed by atoms with Crippen molar-refractivity contribution in [2.24, 2.45) is 0 Å². The maximum absolute atomic E-state index is 6.15. The van der Waals surface area contributed by atoms with Gasteiger partial charge in [0.05, 0.1) is 6.04 Å². The number of hydrogen-bond acceptors (Lipinski definition) is 2. The Kier molecular flexibility index (Phi) is 4.29. The molecule has 1 heterocycles. The summed E-state index contributed by atoms with van der Waals surface area (Å²) in [6.45, 7) is 2.11. The van der Waals surface area contributed by atoms with E-state index >= 15 is 0 Å². The van der Waals surface area contributed by atoms with Crippen LogP contribution in [0.15, 0.2) is 45.8 Å². The first kappa shape index (κ1) is 14.3. The normalized spacial score (nSPS) is 17.6. The molecule has 0 saturated carbocycles. The Balaban J connectivity index is 1.89. The number of thioether (sulfide) groups is 1. The molecule has 4 heteroatoms. The van der Waals surface area contributed by atoms with Crippen LogP contribution in [0, 0.1) is 6.92 Å². The smallest absolute Gasteiger partial charge is 0.0533 e. The summed E-state index contributed by atoms with van der Waals surface area (Å²) in [6, 6.07) is 12.9. The fourth-order valence-corrected chi connectivity index (χ4v) is 3.98. The molecular weight excluding hydrogens is 354 g/mol. The van der Waals surface area contributed by atoms with E-state index in [4.69, 9.17) is 11.6 Å². The molecule has 1 aliphatic heterocycles. The number of aryl methyl sites for hydroxylation is 1. The first-order valence-corrected chi connectivity index (χ1v) is 8.74. The van der Waals surface area contributed by atoms with Crippen molar-refractivity contribution in [3.63, 3.8) is 0 Å². The lowest BCUT2D eigenvalue weighted by Gasteiger charge is -2.27. The molecule has 1 atom stereocenters. The molecule has 0 aliphatic carbocycles. The van der Waals surface area contributed by atoms with Gasteiger partial charge in [-0.05, 0) is 60.9 Å². The van der Waals surface area contributed by atoms with Gasteiger partial charge in [-0.1, -0.05) is 27.5 Å². The highest BCUT2D eigenvalue weighted by molar-refractivity contribution is 9.10. The lowest BCUT2D eigenvalue weighted by atomic mass is 10.0. The van der Waals surface area contributed by atoms with Crippen molar-refractivity contribution >= 4 is 45.0 Å². The molecule has 104 valence electrons. The SMILES string of the molecule is Cc1cc(NC2CCSc3ccc(Cl)cc32)ccc1Br. The van der Waals surface area contributed by atoms with E-state index < -0.39 is 0 Å². The Morgan fingerprint density at radius 3 is 2.90 bits per heavy atom. The minimum absolute atomic E-state index is 0.338. The quantitative estimate of drug-likeness (QED) is 0.691. The van der Waals surface area contributed by atoms with E-state index in [0.29, 0.717) is 6.04 Å². The Bertz CT molecular complexity index is 644. The molecule has 3 rings (SSSR count). The second kappa shape index (κ2) is 6.00.